The van der Waals surface area contributed by atoms with Crippen molar-refractivity contribution in [3.05, 3.63) is 0 Å². The molecular formula is C13H26N2O. The molecule has 3 nitrogen and oxygen atoms in total. The van der Waals surface area contributed by atoms with Gasteiger partial charge in [-0.2, -0.15) is 0 Å². The van der Waals surface area contributed by atoms with Gasteiger partial charge in [-0.1, -0.05) is 0 Å². The quantitative estimate of drug-likeness (QED) is 0.724. The fourth-order valence-corrected chi connectivity index (χ4v) is 2.66. The zero-order chi connectivity index (χ0) is 11.5. The van der Waals surface area contributed by atoms with E-state index in [0.29, 0.717) is 18.2 Å². The molecule has 2 rings (SSSR count). The summed E-state index contributed by atoms with van der Waals surface area (Å²) < 4.78 is 5.88. The van der Waals surface area contributed by atoms with Crippen LogP contribution in [0, 0.1) is 0 Å². The van der Waals surface area contributed by atoms with Gasteiger partial charge in [0.15, 0.2) is 0 Å². The Morgan fingerprint density at radius 3 is 2.44 bits per heavy atom. The molecule has 0 amide bonds. The monoisotopic (exact) mass is 226 g/mol. The number of ether oxygens (including phenoxy) is 1. The number of hydrogen-bond acceptors (Lipinski definition) is 3. The molecule has 0 N–H and O–H groups in total. The van der Waals surface area contributed by atoms with Gasteiger partial charge in [-0.05, 0) is 46.7 Å². The van der Waals surface area contributed by atoms with Crippen LogP contribution in [0.2, 0.25) is 0 Å². The summed E-state index contributed by atoms with van der Waals surface area (Å²) in [6, 6.07) is 1.36. The molecule has 94 valence electrons. The van der Waals surface area contributed by atoms with Crippen LogP contribution in [0.15, 0.2) is 0 Å². The summed E-state index contributed by atoms with van der Waals surface area (Å²) >= 11 is 0. The van der Waals surface area contributed by atoms with Crippen molar-refractivity contribution in [3.8, 4) is 0 Å². The number of hydrogen-bond donors (Lipinski definition) is 0. The van der Waals surface area contributed by atoms with E-state index < -0.39 is 0 Å². The molecule has 0 aromatic heterocycles. The van der Waals surface area contributed by atoms with E-state index in [2.05, 4.69) is 30.6 Å². The second-order valence-electron chi connectivity index (χ2n) is 5.56. The molecule has 2 atom stereocenters. The van der Waals surface area contributed by atoms with Crippen molar-refractivity contribution in [2.45, 2.75) is 51.8 Å². The van der Waals surface area contributed by atoms with Crippen molar-refractivity contribution >= 4 is 0 Å². The van der Waals surface area contributed by atoms with Gasteiger partial charge >= 0.3 is 0 Å². The molecule has 16 heavy (non-hydrogen) atoms. The number of morpholine rings is 1. The van der Waals surface area contributed by atoms with Gasteiger partial charge in [0.2, 0.25) is 0 Å². The molecule has 2 heterocycles. The highest BCUT2D eigenvalue weighted by Gasteiger charge is 2.27. The maximum absolute atomic E-state index is 5.88. The third-order valence-corrected chi connectivity index (χ3v) is 4.02. The Hall–Kier alpha value is -0.120. The van der Waals surface area contributed by atoms with Crippen LogP contribution in [0.3, 0.4) is 0 Å². The van der Waals surface area contributed by atoms with Crippen molar-refractivity contribution in [1.29, 1.82) is 0 Å². The molecule has 0 spiro atoms. The van der Waals surface area contributed by atoms with Gasteiger partial charge in [0.05, 0.1) is 12.7 Å². The van der Waals surface area contributed by atoms with Gasteiger partial charge in [-0.25, -0.2) is 0 Å². The standard InChI is InChI=1S/C13H26N2O/c1-11(2)15-7-8-16-13(10-15)9-12(3)14-5-4-6-14/h11-13H,4-10H2,1-3H3. The van der Waals surface area contributed by atoms with Crippen LogP contribution in [-0.4, -0.2) is 60.8 Å². The average Bonchev–Trinajstić information content (AvgIpc) is 2.15. The highest BCUT2D eigenvalue weighted by atomic mass is 16.5. The molecule has 0 aliphatic carbocycles. The summed E-state index contributed by atoms with van der Waals surface area (Å²) in [5.74, 6) is 0. The Labute approximate surface area is 99.7 Å². The molecule has 2 aliphatic rings. The summed E-state index contributed by atoms with van der Waals surface area (Å²) in [5.41, 5.74) is 0. The van der Waals surface area contributed by atoms with E-state index in [-0.39, 0.29) is 0 Å². The van der Waals surface area contributed by atoms with Crippen LogP contribution in [0.4, 0.5) is 0 Å². The second kappa shape index (κ2) is 5.48. The maximum atomic E-state index is 5.88. The van der Waals surface area contributed by atoms with E-state index in [1.807, 2.05) is 0 Å². The van der Waals surface area contributed by atoms with Crippen molar-refractivity contribution in [3.63, 3.8) is 0 Å². The lowest BCUT2D eigenvalue weighted by atomic mass is 10.0. The molecule has 0 saturated carbocycles. The molecule has 0 aromatic carbocycles. The predicted octanol–water partition coefficient (Wildman–Crippen LogP) is 1.58. The topological polar surface area (TPSA) is 15.7 Å². The first-order valence-corrected chi connectivity index (χ1v) is 6.76. The van der Waals surface area contributed by atoms with Crippen LogP contribution in [0.5, 0.6) is 0 Å². The van der Waals surface area contributed by atoms with E-state index >= 15 is 0 Å². The predicted molar refractivity (Wildman–Crippen MR) is 66.7 cm³/mol. The minimum Gasteiger partial charge on any atom is -0.375 e. The van der Waals surface area contributed by atoms with Crippen LogP contribution < -0.4 is 0 Å². The van der Waals surface area contributed by atoms with E-state index in [0.717, 1.165) is 19.7 Å². The smallest absolute Gasteiger partial charge is 0.0717 e. The SMILES string of the molecule is CC(C)N1CCOC(CC(C)N2CCC2)C1. The minimum absolute atomic E-state index is 0.451. The summed E-state index contributed by atoms with van der Waals surface area (Å²) in [6.07, 6.45) is 3.03. The number of rotatable bonds is 4. The maximum Gasteiger partial charge on any atom is 0.0717 e. The Kier molecular flexibility index (Phi) is 4.22. The molecule has 2 aliphatic heterocycles. The lowest BCUT2D eigenvalue weighted by Gasteiger charge is -2.41. The fraction of sp³-hybridized carbons (Fsp3) is 1.00. The first-order chi connectivity index (χ1) is 7.66. The molecule has 2 unspecified atom stereocenters. The van der Waals surface area contributed by atoms with Crippen molar-refractivity contribution in [2.24, 2.45) is 0 Å². The Bertz CT molecular complexity index is 216. The Balaban J connectivity index is 1.75. The van der Waals surface area contributed by atoms with Gasteiger partial charge in [-0.15, -0.1) is 0 Å². The third kappa shape index (κ3) is 2.96. The molecule has 3 heteroatoms. The van der Waals surface area contributed by atoms with Gasteiger partial charge in [0, 0.05) is 25.2 Å². The van der Waals surface area contributed by atoms with Crippen LogP contribution in [0.1, 0.15) is 33.6 Å². The van der Waals surface area contributed by atoms with Crippen molar-refractivity contribution < 1.29 is 4.74 Å². The van der Waals surface area contributed by atoms with Gasteiger partial charge in [-0.3, -0.25) is 4.90 Å². The molecule has 0 radical (unpaired) electrons. The van der Waals surface area contributed by atoms with Gasteiger partial charge in [0.25, 0.3) is 0 Å². The molecular weight excluding hydrogens is 200 g/mol. The van der Waals surface area contributed by atoms with Crippen LogP contribution in [-0.2, 0) is 4.74 Å². The zero-order valence-electron chi connectivity index (χ0n) is 11.0. The first-order valence-electron chi connectivity index (χ1n) is 6.76. The average molecular weight is 226 g/mol. The molecule has 0 bridgehead atoms. The highest BCUT2D eigenvalue weighted by molar-refractivity contribution is 4.81. The summed E-state index contributed by atoms with van der Waals surface area (Å²) in [7, 11) is 0. The Morgan fingerprint density at radius 1 is 1.12 bits per heavy atom. The van der Waals surface area contributed by atoms with E-state index in [9.17, 15) is 0 Å². The second-order valence-corrected chi connectivity index (χ2v) is 5.56. The van der Waals surface area contributed by atoms with Crippen molar-refractivity contribution in [2.75, 3.05) is 32.8 Å². The first kappa shape index (κ1) is 12.3. The summed E-state index contributed by atoms with van der Waals surface area (Å²) in [6.45, 7) is 12.6. The molecule has 2 fully saturated rings. The van der Waals surface area contributed by atoms with Crippen LogP contribution >= 0.6 is 0 Å². The minimum atomic E-state index is 0.451. The Morgan fingerprint density at radius 2 is 1.88 bits per heavy atom. The van der Waals surface area contributed by atoms with Gasteiger partial charge in [0.1, 0.15) is 0 Å². The van der Waals surface area contributed by atoms with E-state index in [1.165, 1.54) is 25.9 Å². The highest BCUT2D eigenvalue weighted by Crippen LogP contribution is 2.19. The van der Waals surface area contributed by atoms with Crippen molar-refractivity contribution in [1.82, 2.24) is 9.80 Å². The van der Waals surface area contributed by atoms with E-state index in [1.54, 1.807) is 0 Å². The summed E-state index contributed by atoms with van der Waals surface area (Å²) in [4.78, 5) is 5.11. The van der Waals surface area contributed by atoms with Crippen LogP contribution in [0.25, 0.3) is 0 Å². The fourth-order valence-electron chi connectivity index (χ4n) is 2.66. The number of likely N-dealkylation sites (tertiary alicyclic amines) is 1. The lowest BCUT2D eigenvalue weighted by Crippen LogP contribution is -2.50. The van der Waals surface area contributed by atoms with Gasteiger partial charge < -0.3 is 9.64 Å². The molecule has 0 aromatic rings. The lowest BCUT2D eigenvalue weighted by molar-refractivity contribution is -0.0549. The molecule has 2 saturated heterocycles. The summed E-state index contributed by atoms with van der Waals surface area (Å²) in [5, 5.41) is 0. The third-order valence-electron chi connectivity index (χ3n) is 4.02. The normalized spacial score (nSPS) is 30.4. The van der Waals surface area contributed by atoms with E-state index in [4.69, 9.17) is 4.74 Å². The zero-order valence-corrected chi connectivity index (χ0v) is 11.0. The largest absolute Gasteiger partial charge is 0.375 e. The number of nitrogens with zero attached hydrogens (tertiary/aromatic N) is 2.